The number of urea groups is 1. The predicted octanol–water partition coefficient (Wildman–Crippen LogP) is 0.0159. The van der Waals surface area contributed by atoms with Crippen LogP contribution in [0.1, 0.15) is 25.7 Å². The predicted molar refractivity (Wildman–Crippen MR) is 57.1 cm³/mol. The molecule has 0 saturated heterocycles. The van der Waals surface area contributed by atoms with Crippen molar-refractivity contribution in [2.75, 3.05) is 13.7 Å². The molecule has 6 heteroatoms. The van der Waals surface area contributed by atoms with Crippen molar-refractivity contribution in [3.63, 3.8) is 0 Å². The Kier molecular flexibility index (Phi) is 4.54. The molecule has 1 aliphatic rings. The number of nitrogens with zero attached hydrogens (tertiary/aromatic N) is 1. The van der Waals surface area contributed by atoms with E-state index in [1.165, 1.54) is 4.90 Å². The Balaban J connectivity index is 2.43. The van der Waals surface area contributed by atoms with Gasteiger partial charge in [-0.05, 0) is 19.3 Å². The van der Waals surface area contributed by atoms with E-state index in [0.717, 1.165) is 19.3 Å². The molecule has 0 spiro atoms. The summed E-state index contributed by atoms with van der Waals surface area (Å²) < 4.78 is 0. The lowest BCUT2D eigenvalue weighted by Gasteiger charge is -2.35. The van der Waals surface area contributed by atoms with Crippen molar-refractivity contribution in [3.05, 3.63) is 0 Å². The third-order valence-corrected chi connectivity index (χ3v) is 2.96. The maximum atomic E-state index is 11.6. The zero-order valence-electron chi connectivity index (χ0n) is 9.35. The fourth-order valence-corrected chi connectivity index (χ4v) is 1.58. The SMILES string of the molecule is CN(C(=O)N[C@@H](CCO)C(=O)O)C1CCC1. The molecule has 0 bridgehead atoms. The van der Waals surface area contributed by atoms with Gasteiger partial charge in [0.2, 0.25) is 0 Å². The number of rotatable bonds is 5. The first-order valence-electron chi connectivity index (χ1n) is 5.43. The van der Waals surface area contributed by atoms with Crippen LogP contribution in [0.2, 0.25) is 0 Å². The number of carbonyl (C=O) groups excluding carboxylic acids is 1. The summed E-state index contributed by atoms with van der Waals surface area (Å²) in [6.07, 6.45) is 3.09. The minimum atomic E-state index is -1.12. The van der Waals surface area contributed by atoms with Gasteiger partial charge in [-0.15, -0.1) is 0 Å². The Labute approximate surface area is 94.2 Å². The molecule has 0 aliphatic heterocycles. The molecule has 0 radical (unpaired) electrons. The standard InChI is InChI=1S/C10H18N2O4/c1-12(7-3-2-4-7)10(16)11-8(5-6-13)9(14)15/h7-8,13H,2-6H2,1H3,(H,11,16)(H,14,15)/t8-/m0/s1. The Hall–Kier alpha value is -1.30. The van der Waals surface area contributed by atoms with Crippen LogP contribution in [0.5, 0.6) is 0 Å². The second-order valence-corrected chi connectivity index (χ2v) is 4.05. The summed E-state index contributed by atoms with van der Waals surface area (Å²) in [5.41, 5.74) is 0. The molecular weight excluding hydrogens is 212 g/mol. The summed E-state index contributed by atoms with van der Waals surface area (Å²) in [6, 6.07) is -1.17. The van der Waals surface area contributed by atoms with Crippen LogP contribution < -0.4 is 5.32 Å². The molecule has 0 heterocycles. The highest BCUT2D eigenvalue weighted by atomic mass is 16.4. The number of aliphatic carboxylic acids is 1. The number of hydrogen-bond donors (Lipinski definition) is 3. The van der Waals surface area contributed by atoms with Gasteiger partial charge in [0.1, 0.15) is 6.04 Å². The van der Waals surface area contributed by atoms with Gasteiger partial charge in [0.25, 0.3) is 0 Å². The number of aliphatic hydroxyl groups is 1. The second kappa shape index (κ2) is 5.69. The van der Waals surface area contributed by atoms with Crippen LogP contribution in [-0.2, 0) is 4.79 Å². The van der Waals surface area contributed by atoms with E-state index >= 15 is 0 Å². The summed E-state index contributed by atoms with van der Waals surface area (Å²) >= 11 is 0. The maximum absolute atomic E-state index is 11.6. The van der Waals surface area contributed by atoms with Gasteiger partial charge in [0, 0.05) is 26.1 Å². The van der Waals surface area contributed by atoms with Crippen LogP contribution in [0.4, 0.5) is 4.79 Å². The third kappa shape index (κ3) is 3.10. The highest BCUT2D eigenvalue weighted by Gasteiger charge is 2.28. The van der Waals surface area contributed by atoms with Gasteiger partial charge in [-0.1, -0.05) is 0 Å². The Morgan fingerprint density at radius 3 is 2.50 bits per heavy atom. The highest BCUT2D eigenvalue weighted by Crippen LogP contribution is 2.23. The number of aliphatic hydroxyl groups excluding tert-OH is 1. The van der Waals surface area contributed by atoms with E-state index in [1.807, 2.05) is 0 Å². The normalized spacial score (nSPS) is 17.4. The largest absolute Gasteiger partial charge is 0.480 e. The molecule has 2 amide bonds. The smallest absolute Gasteiger partial charge is 0.326 e. The second-order valence-electron chi connectivity index (χ2n) is 4.05. The van der Waals surface area contributed by atoms with Crippen molar-refractivity contribution in [2.24, 2.45) is 0 Å². The number of hydrogen-bond acceptors (Lipinski definition) is 3. The molecule has 1 aliphatic carbocycles. The lowest BCUT2D eigenvalue weighted by molar-refractivity contribution is -0.139. The van der Waals surface area contributed by atoms with Gasteiger partial charge in [-0.2, -0.15) is 0 Å². The Bertz CT molecular complexity index is 266. The number of carboxylic acid groups (broad SMARTS) is 1. The summed E-state index contributed by atoms with van der Waals surface area (Å²) in [5.74, 6) is -1.12. The van der Waals surface area contributed by atoms with Crippen molar-refractivity contribution >= 4 is 12.0 Å². The van der Waals surface area contributed by atoms with Crippen LogP contribution in [0.15, 0.2) is 0 Å². The molecule has 1 rings (SSSR count). The summed E-state index contributed by atoms with van der Waals surface area (Å²) in [5, 5.41) is 19.9. The first kappa shape index (κ1) is 12.8. The zero-order valence-corrected chi connectivity index (χ0v) is 9.35. The lowest BCUT2D eigenvalue weighted by Crippen LogP contribution is -2.51. The quantitative estimate of drug-likeness (QED) is 0.621. The molecule has 1 fully saturated rings. The molecular formula is C10H18N2O4. The van der Waals surface area contributed by atoms with Crippen LogP contribution >= 0.6 is 0 Å². The third-order valence-electron chi connectivity index (χ3n) is 2.96. The number of carbonyl (C=O) groups is 2. The fourth-order valence-electron chi connectivity index (χ4n) is 1.58. The van der Waals surface area contributed by atoms with Crippen LogP contribution in [0, 0.1) is 0 Å². The molecule has 0 unspecified atom stereocenters. The topological polar surface area (TPSA) is 89.9 Å². The monoisotopic (exact) mass is 230 g/mol. The van der Waals surface area contributed by atoms with Crippen molar-refractivity contribution in [1.29, 1.82) is 0 Å². The minimum Gasteiger partial charge on any atom is -0.480 e. The maximum Gasteiger partial charge on any atom is 0.326 e. The van der Waals surface area contributed by atoms with E-state index in [4.69, 9.17) is 10.2 Å². The number of nitrogens with one attached hydrogen (secondary N) is 1. The molecule has 0 aromatic rings. The highest BCUT2D eigenvalue weighted by molar-refractivity contribution is 5.82. The van der Waals surface area contributed by atoms with Gasteiger partial charge in [-0.3, -0.25) is 0 Å². The van der Waals surface area contributed by atoms with E-state index < -0.39 is 12.0 Å². The first-order chi connectivity index (χ1) is 7.56. The molecule has 0 aromatic heterocycles. The van der Waals surface area contributed by atoms with Crippen LogP contribution in [0.3, 0.4) is 0 Å². The molecule has 1 atom stereocenters. The van der Waals surface area contributed by atoms with E-state index in [0.29, 0.717) is 0 Å². The van der Waals surface area contributed by atoms with E-state index in [-0.39, 0.29) is 25.1 Å². The van der Waals surface area contributed by atoms with E-state index in [9.17, 15) is 9.59 Å². The Morgan fingerprint density at radius 2 is 2.12 bits per heavy atom. The molecule has 6 nitrogen and oxygen atoms in total. The van der Waals surface area contributed by atoms with Crippen LogP contribution in [-0.4, -0.2) is 52.9 Å². The van der Waals surface area contributed by atoms with Gasteiger partial charge < -0.3 is 20.4 Å². The zero-order chi connectivity index (χ0) is 12.1. The molecule has 1 saturated carbocycles. The van der Waals surface area contributed by atoms with Gasteiger partial charge in [0.05, 0.1) is 0 Å². The van der Waals surface area contributed by atoms with Crippen molar-refractivity contribution in [1.82, 2.24) is 10.2 Å². The molecule has 0 aromatic carbocycles. The lowest BCUT2D eigenvalue weighted by atomic mass is 9.92. The van der Waals surface area contributed by atoms with Crippen molar-refractivity contribution in [2.45, 2.75) is 37.8 Å². The number of amides is 2. The Morgan fingerprint density at radius 1 is 1.50 bits per heavy atom. The van der Waals surface area contributed by atoms with E-state index in [1.54, 1.807) is 7.05 Å². The van der Waals surface area contributed by atoms with Gasteiger partial charge in [-0.25, -0.2) is 9.59 Å². The summed E-state index contributed by atoms with van der Waals surface area (Å²) in [7, 11) is 1.66. The minimum absolute atomic E-state index is 0.0274. The summed E-state index contributed by atoms with van der Waals surface area (Å²) in [6.45, 7) is -0.260. The van der Waals surface area contributed by atoms with Crippen molar-refractivity contribution in [3.8, 4) is 0 Å². The van der Waals surface area contributed by atoms with Gasteiger partial charge in [0.15, 0.2) is 0 Å². The summed E-state index contributed by atoms with van der Waals surface area (Å²) in [4.78, 5) is 23.9. The van der Waals surface area contributed by atoms with Gasteiger partial charge >= 0.3 is 12.0 Å². The first-order valence-corrected chi connectivity index (χ1v) is 5.43. The number of carboxylic acids is 1. The average molecular weight is 230 g/mol. The fraction of sp³-hybridized carbons (Fsp3) is 0.800. The van der Waals surface area contributed by atoms with E-state index in [2.05, 4.69) is 5.32 Å². The van der Waals surface area contributed by atoms with Crippen LogP contribution in [0.25, 0.3) is 0 Å². The molecule has 92 valence electrons. The average Bonchev–Trinajstić information content (AvgIpc) is 2.13. The molecule has 3 N–H and O–H groups in total. The molecule has 16 heavy (non-hydrogen) atoms. The van der Waals surface area contributed by atoms with Crippen molar-refractivity contribution < 1.29 is 19.8 Å².